The summed E-state index contributed by atoms with van der Waals surface area (Å²) in [6, 6.07) is 8.92. The van der Waals surface area contributed by atoms with Gasteiger partial charge in [-0.1, -0.05) is 13.0 Å². The van der Waals surface area contributed by atoms with Gasteiger partial charge in [-0.15, -0.1) is 0 Å². The minimum atomic E-state index is -1.01. The molecule has 144 valence electrons. The molecule has 0 atom stereocenters. The Hall–Kier alpha value is -3.53. The van der Waals surface area contributed by atoms with Crippen LogP contribution >= 0.6 is 0 Å². The molecule has 28 heavy (non-hydrogen) atoms. The van der Waals surface area contributed by atoms with Crippen molar-refractivity contribution in [2.24, 2.45) is 5.92 Å². The summed E-state index contributed by atoms with van der Waals surface area (Å²) in [5.41, 5.74) is 2.97. The molecule has 2 aromatic rings. The molecular formula is C21H22N4O3. The Morgan fingerprint density at radius 2 is 2.07 bits per heavy atom. The molecule has 7 nitrogen and oxygen atoms in total. The first kappa shape index (κ1) is 19.2. The van der Waals surface area contributed by atoms with Gasteiger partial charge in [0.15, 0.2) is 0 Å². The fraction of sp³-hybridized carbons (Fsp3) is 0.286. The number of carbonyl (C=O) groups excluding carboxylic acids is 1. The summed E-state index contributed by atoms with van der Waals surface area (Å²) >= 11 is 0. The highest BCUT2D eigenvalue weighted by atomic mass is 16.4. The van der Waals surface area contributed by atoms with E-state index in [4.69, 9.17) is 10.4 Å². The second-order valence-electron chi connectivity index (χ2n) is 6.99. The van der Waals surface area contributed by atoms with Crippen molar-refractivity contribution in [3.63, 3.8) is 0 Å². The molecule has 1 saturated heterocycles. The topological polar surface area (TPSA) is 109 Å². The summed E-state index contributed by atoms with van der Waals surface area (Å²) in [5, 5.41) is 20.7. The molecule has 1 fully saturated rings. The van der Waals surface area contributed by atoms with E-state index in [1.807, 2.05) is 12.1 Å². The average Bonchev–Trinajstić information content (AvgIpc) is 3.17. The summed E-state index contributed by atoms with van der Waals surface area (Å²) in [7, 11) is 0. The highest BCUT2D eigenvalue weighted by Gasteiger charge is 2.20. The standard InChI is InChI=1S/C21H22N4O3/c1-14-6-8-25(9-7-14)19-11-15(3-5-20(26)27)2-4-17(19)24-21(28)18-10-16(12-22)13-23-18/h2-5,10-11,13-14,23H,6-9H2,1H3,(H,24,28)(H,26,27)/b5-3+. The molecule has 1 aromatic heterocycles. The minimum Gasteiger partial charge on any atom is -0.478 e. The van der Waals surface area contributed by atoms with Crippen LogP contribution in [0.3, 0.4) is 0 Å². The highest BCUT2D eigenvalue weighted by Crippen LogP contribution is 2.31. The molecule has 1 aliphatic rings. The van der Waals surface area contributed by atoms with Gasteiger partial charge in [0.05, 0.1) is 16.9 Å². The number of nitriles is 1. The number of carboxylic acid groups (broad SMARTS) is 1. The van der Waals surface area contributed by atoms with Crippen molar-refractivity contribution in [2.75, 3.05) is 23.3 Å². The number of nitrogens with zero attached hydrogens (tertiary/aromatic N) is 2. The fourth-order valence-corrected chi connectivity index (χ4v) is 3.22. The van der Waals surface area contributed by atoms with E-state index in [0.717, 1.165) is 43.3 Å². The largest absolute Gasteiger partial charge is 0.478 e. The summed E-state index contributed by atoms with van der Waals surface area (Å²) in [5.74, 6) is -0.680. The Kier molecular flexibility index (Phi) is 5.80. The number of aliphatic carboxylic acids is 1. The maximum absolute atomic E-state index is 12.6. The van der Waals surface area contributed by atoms with Crippen LogP contribution in [-0.4, -0.2) is 35.1 Å². The van der Waals surface area contributed by atoms with Gasteiger partial charge in [-0.05, 0) is 48.6 Å². The lowest BCUT2D eigenvalue weighted by molar-refractivity contribution is -0.131. The molecular weight excluding hydrogens is 356 g/mol. The van der Waals surface area contributed by atoms with Gasteiger partial charge in [-0.3, -0.25) is 4.79 Å². The number of aromatic amines is 1. The SMILES string of the molecule is CC1CCN(c2cc(/C=C/C(=O)O)ccc2NC(=O)c2cc(C#N)c[nH]2)CC1. The van der Waals surface area contributed by atoms with Crippen molar-refractivity contribution in [3.05, 3.63) is 53.4 Å². The number of amides is 1. The molecule has 0 bridgehead atoms. The summed E-state index contributed by atoms with van der Waals surface area (Å²) in [4.78, 5) is 28.4. The first-order valence-corrected chi connectivity index (χ1v) is 9.16. The zero-order valence-corrected chi connectivity index (χ0v) is 15.6. The number of piperidine rings is 1. The van der Waals surface area contributed by atoms with Crippen molar-refractivity contribution in [1.82, 2.24) is 4.98 Å². The lowest BCUT2D eigenvalue weighted by Gasteiger charge is -2.33. The van der Waals surface area contributed by atoms with Crippen molar-refractivity contribution in [1.29, 1.82) is 5.26 Å². The highest BCUT2D eigenvalue weighted by molar-refractivity contribution is 6.05. The second kappa shape index (κ2) is 8.44. The van der Waals surface area contributed by atoms with Gasteiger partial charge in [0.2, 0.25) is 0 Å². The maximum Gasteiger partial charge on any atom is 0.328 e. The molecule has 2 heterocycles. The van der Waals surface area contributed by atoms with E-state index < -0.39 is 5.97 Å². The third-order valence-electron chi connectivity index (χ3n) is 4.87. The first-order chi connectivity index (χ1) is 13.5. The van der Waals surface area contributed by atoms with E-state index >= 15 is 0 Å². The number of carbonyl (C=O) groups is 2. The van der Waals surface area contributed by atoms with Crippen LogP contribution in [0.25, 0.3) is 6.08 Å². The first-order valence-electron chi connectivity index (χ1n) is 9.16. The molecule has 3 rings (SSSR count). The number of hydrogen-bond acceptors (Lipinski definition) is 4. The zero-order valence-electron chi connectivity index (χ0n) is 15.6. The van der Waals surface area contributed by atoms with Crippen molar-refractivity contribution in [2.45, 2.75) is 19.8 Å². The van der Waals surface area contributed by atoms with E-state index in [1.54, 1.807) is 12.1 Å². The number of aromatic nitrogens is 1. The Morgan fingerprint density at radius 3 is 2.71 bits per heavy atom. The number of nitrogens with one attached hydrogen (secondary N) is 2. The van der Waals surface area contributed by atoms with Gasteiger partial charge in [0.1, 0.15) is 11.8 Å². The second-order valence-corrected chi connectivity index (χ2v) is 6.99. The molecule has 7 heteroatoms. The van der Waals surface area contributed by atoms with Crippen LogP contribution in [0.4, 0.5) is 11.4 Å². The lowest BCUT2D eigenvalue weighted by Crippen LogP contribution is -2.33. The fourth-order valence-electron chi connectivity index (χ4n) is 3.22. The Bertz CT molecular complexity index is 947. The number of benzene rings is 1. The number of anilines is 2. The molecule has 0 saturated carbocycles. The third kappa shape index (κ3) is 4.60. The van der Waals surface area contributed by atoms with E-state index in [1.165, 1.54) is 18.3 Å². The van der Waals surface area contributed by atoms with Crippen molar-refractivity contribution < 1.29 is 14.7 Å². The van der Waals surface area contributed by atoms with Gasteiger partial charge in [-0.2, -0.15) is 5.26 Å². The van der Waals surface area contributed by atoms with Crippen LogP contribution in [-0.2, 0) is 4.79 Å². The predicted octanol–water partition coefficient (Wildman–Crippen LogP) is 3.47. The molecule has 0 aliphatic carbocycles. The van der Waals surface area contributed by atoms with E-state index in [-0.39, 0.29) is 5.91 Å². The van der Waals surface area contributed by atoms with Crippen LogP contribution in [0.15, 0.2) is 36.5 Å². The number of carboxylic acids is 1. The molecule has 0 radical (unpaired) electrons. The summed E-state index contributed by atoms with van der Waals surface area (Å²) in [6.45, 7) is 3.97. The third-order valence-corrected chi connectivity index (χ3v) is 4.87. The quantitative estimate of drug-likeness (QED) is 0.690. The van der Waals surface area contributed by atoms with E-state index in [9.17, 15) is 9.59 Å². The van der Waals surface area contributed by atoms with E-state index in [2.05, 4.69) is 22.1 Å². The number of hydrogen-bond donors (Lipinski definition) is 3. The van der Waals surface area contributed by atoms with Crippen LogP contribution in [0.2, 0.25) is 0 Å². The minimum absolute atomic E-state index is 0.310. The smallest absolute Gasteiger partial charge is 0.328 e. The lowest BCUT2D eigenvalue weighted by atomic mass is 9.98. The Balaban J connectivity index is 1.88. The van der Waals surface area contributed by atoms with Gasteiger partial charge in [0, 0.05) is 25.4 Å². The van der Waals surface area contributed by atoms with Gasteiger partial charge < -0.3 is 20.3 Å². The summed E-state index contributed by atoms with van der Waals surface area (Å²) < 4.78 is 0. The van der Waals surface area contributed by atoms with Crippen LogP contribution in [0, 0.1) is 17.2 Å². The molecule has 1 amide bonds. The van der Waals surface area contributed by atoms with Crippen molar-refractivity contribution >= 4 is 29.3 Å². The van der Waals surface area contributed by atoms with Gasteiger partial charge in [0.25, 0.3) is 5.91 Å². The molecule has 1 aromatic carbocycles. The van der Waals surface area contributed by atoms with Crippen LogP contribution in [0.5, 0.6) is 0 Å². The molecule has 3 N–H and O–H groups in total. The zero-order chi connectivity index (χ0) is 20.1. The molecule has 0 unspecified atom stereocenters. The Morgan fingerprint density at radius 1 is 1.32 bits per heavy atom. The van der Waals surface area contributed by atoms with Gasteiger partial charge in [-0.25, -0.2) is 4.79 Å². The van der Waals surface area contributed by atoms with Crippen LogP contribution < -0.4 is 10.2 Å². The summed E-state index contributed by atoms with van der Waals surface area (Å²) in [6.07, 6.45) is 6.24. The molecule has 0 spiro atoms. The molecule has 1 aliphatic heterocycles. The maximum atomic E-state index is 12.6. The van der Waals surface area contributed by atoms with Gasteiger partial charge >= 0.3 is 5.97 Å². The normalized spacial score (nSPS) is 14.8. The average molecular weight is 378 g/mol. The predicted molar refractivity (Wildman–Crippen MR) is 107 cm³/mol. The van der Waals surface area contributed by atoms with Crippen molar-refractivity contribution in [3.8, 4) is 6.07 Å². The number of rotatable bonds is 5. The van der Waals surface area contributed by atoms with Crippen LogP contribution in [0.1, 0.15) is 41.4 Å². The Labute approximate surface area is 163 Å². The van der Waals surface area contributed by atoms with E-state index in [0.29, 0.717) is 22.9 Å². The number of H-pyrrole nitrogens is 1. The monoisotopic (exact) mass is 378 g/mol.